The number of amides is 1. The summed E-state index contributed by atoms with van der Waals surface area (Å²) in [6.45, 7) is 1.85. The Hall–Kier alpha value is -1.44. The zero-order chi connectivity index (χ0) is 15.5. The Morgan fingerprint density at radius 2 is 2.00 bits per heavy atom. The summed E-state index contributed by atoms with van der Waals surface area (Å²) in [6, 6.07) is 6.23. The van der Waals surface area contributed by atoms with E-state index in [0.29, 0.717) is 18.0 Å². The van der Waals surface area contributed by atoms with E-state index in [1.165, 1.54) is 26.2 Å². The Morgan fingerprint density at radius 3 is 2.52 bits per heavy atom. The fourth-order valence-corrected chi connectivity index (χ4v) is 3.19. The van der Waals surface area contributed by atoms with E-state index in [1.54, 1.807) is 12.1 Å². The van der Waals surface area contributed by atoms with Crippen molar-refractivity contribution in [1.29, 1.82) is 0 Å². The van der Waals surface area contributed by atoms with Gasteiger partial charge in [0.25, 0.3) is 0 Å². The molecule has 1 aromatic rings. The molecule has 6 nitrogen and oxygen atoms in total. The van der Waals surface area contributed by atoms with E-state index in [9.17, 15) is 13.2 Å². The summed E-state index contributed by atoms with van der Waals surface area (Å²) in [5, 5.41) is 6.03. The molecule has 1 atom stereocenters. The third kappa shape index (κ3) is 4.03. The molecule has 2 N–H and O–H groups in total. The van der Waals surface area contributed by atoms with E-state index < -0.39 is 10.0 Å². The van der Waals surface area contributed by atoms with Crippen molar-refractivity contribution >= 4 is 21.6 Å². The van der Waals surface area contributed by atoms with Crippen LogP contribution < -0.4 is 10.6 Å². The van der Waals surface area contributed by atoms with E-state index in [4.69, 9.17) is 0 Å². The molecular formula is C14H21N3O3S. The van der Waals surface area contributed by atoms with Crippen molar-refractivity contribution in [3.63, 3.8) is 0 Å². The Balaban J connectivity index is 1.97. The predicted molar refractivity (Wildman–Crippen MR) is 81.5 cm³/mol. The second-order valence-electron chi connectivity index (χ2n) is 5.42. The van der Waals surface area contributed by atoms with Crippen molar-refractivity contribution in [2.45, 2.75) is 17.7 Å². The van der Waals surface area contributed by atoms with Crippen LogP contribution in [-0.2, 0) is 14.8 Å². The second-order valence-corrected chi connectivity index (χ2v) is 7.57. The van der Waals surface area contributed by atoms with Crippen LogP contribution in [0.1, 0.15) is 12.8 Å². The SMILES string of the molecule is CN(C)S(=O)(=O)c1ccc(NC(=O)CC2CCNC2)cc1. The van der Waals surface area contributed by atoms with E-state index in [1.807, 2.05) is 0 Å². The number of rotatable bonds is 5. The summed E-state index contributed by atoms with van der Waals surface area (Å²) in [5.41, 5.74) is 0.615. The Kier molecular flexibility index (Phi) is 4.97. The quantitative estimate of drug-likeness (QED) is 0.846. The molecule has 1 aliphatic rings. The molecule has 1 aromatic carbocycles. The van der Waals surface area contributed by atoms with Crippen LogP contribution in [0.4, 0.5) is 5.69 Å². The van der Waals surface area contributed by atoms with Crippen LogP contribution in [0.5, 0.6) is 0 Å². The van der Waals surface area contributed by atoms with Gasteiger partial charge in [0, 0.05) is 26.2 Å². The topological polar surface area (TPSA) is 78.5 Å². The molecule has 1 saturated heterocycles. The molecule has 0 aromatic heterocycles. The number of nitrogens with one attached hydrogen (secondary N) is 2. The predicted octanol–water partition coefficient (Wildman–Crippen LogP) is 0.875. The van der Waals surface area contributed by atoms with Crippen LogP contribution in [-0.4, -0.2) is 45.8 Å². The molecule has 2 rings (SSSR count). The number of carbonyl (C=O) groups is 1. The Labute approximate surface area is 125 Å². The molecule has 21 heavy (non-hydrogen) atoms. The average Bonchev–Trinajstić information content (AvgIpc) is 2.91. The zero-order valence-electron chi connectivity index (χ0n) is 12.3. The van der Waals surface area contributed by atoms with Crippen LogP contribution in [0.25, 0.3) is 0 Å². The van der Waals surface area contributed by atoms with Crippen LogP contribution in [0, 0.1) is 5.92 Å². The number of benzene rings is 1. The minimum absolute atomic E-state index is 0.0353. The minimum atomic E-state index is -3.43. The van der Waals surface area contributed by atoms with E-state index in [-0.39, 0.29) is 10.8 Å². The minimum Gasteiger partial charge on any atom is -0.326 e. The van der Waals surface area contributed by atoms with Crippen LogP contribution in [0.15, 0.2) is 29.2 Å². The largest absolute Gasteiger partial charge is 0.326 e. The monoisotopic (exact) mass is 311 g/mol. The molecule has 1 amide bonds. The van der Waals surface area contributed by atoms with Gasteiger partial charge < -0.3 is 10.6 Å². The third-order valence-corrected chi connectivity index (χ3v) is 5.38. The van der Waals surface area contributed by atoms with E-state index in [2.05, 4.69) is 10.6 Å². The molecule has 1 aliphatic heterocycles. The lowest BCUT2D eigenvalue weighted by Crippen LogP contribution is -2.22. The maximum Gasteiger partial charge on any atom is 0.242 e. The highest BCUT2D eigenvalue weighted by Gasteiger charge is 2.19. The van der Waals surface area contributed by atoms with Gasteiger partial charge in [-0.05, 0) is 49.7 Å². The first kappa shape index (κ1) is 15.9. The van der Waals surface area contributed by atoms with Crippen LogP contribution in [0.2, 0.25) is 0 Å². The third-order valence-electron chi connectivity index (χ3n) is 3.55. The van der Waals surface area contributed by atoms with Crippen molar-refractivity contribution in [2.75, 3.05) is 32.5 Å². The first-order valence-electron chi connectivity index (χ1n) is 6.93. The van der Waals surface area contributed by atoms with Crippen molar-refractivity contribution in [3.8, 4) is 0 Å². The second kappa shape index (κ2) is 6.55. The summed E-state index contributed by atoms with van der Waals surface area (Å²) < 4.78 is 25.0. The fourth-order valence-electron chi connectivity index (χ4n) is 2.28. The first-order valence-corrected chi connectivity index (χ1v) is 8.37. The van der Waals surface area contributed by atoms with Gasteiger partial charge in [-0.1, -0.05) is 0 Å². The normalized spacial score (nSPS) is 18.9. The zero-order valence-corrected chi connectivity index (χ0v) is 13.1. The van der Waals surface area contributed by atoms with Gasteiger partial charge in [0.05, 0.1) is 4.90 Å². The maximum atomic E-state index is 11.9. The molecule has 1 unspecified atom stereocenters. The smallest absolute Gasteiger partial charge is 0.242 e. The molecular weight excluding hydrogens is 290 g/mol. The number of hydrogen-bond donors (Lipinski definition) is 2. The summed E-state index contributed by atoms with van der Waals surface area (Å²) in [5.74, 6) is 0.352. The van der Waals surface area contributed by atoms with Gasteiger partial charge in [-0.15, -0.1) is 0 Å². The fraction of sp³-hybridized carbons (Fsp3) is 0.500. The van der Waals surface area contributed by atoms with E-state index >= 15 is 0 Å². The van der Waals surface area contributed by atoms with Gasteiger partial charge in [0.2, 0.25) is 15.9 Å². The molecule has 0 aliphatic carbocycles. The lowest BCUT2D eigenvalue weighted by molar-refractivity contribution is -0.116. The van der Waals surface area contributed by atoms with Crippen LogP contribution >= 0.6 is 0 Å². The molecule has 0 saturated carbocycles. The summed E-state index contributed by atoms with van der Waals surface area (Å²) in [7, 11) is -0.455. The number of carbonyl (C=O) groups excluding carboxylic acids is 1. The number of hydrogen-bond acceptors (Lipinski definition) is 4. The Bertz CT molecular complexity index is 590. The van der Waals surface area contributed by atoms with Crippen molar-refractivity contribution in [3.05, 3.63) is 24.3 Å². The molecule has 1 heterocycles. The van der Waals surface area contributed by atoms with Gasteiger partial charge >= 0.3 is 0 Å². The number of sulfonamides is 1. The number of anilines is 1. The molecule has 1 fully saturated rings. The molecule has 0 radical (unpaired) electrons. The standard InChI is InChI=1S/C14H21N3O3S/c1-17(2)21(19,20)13-5-3-12(4-6-13)16-14(18)9-11-7-8-15-10-11/h3-6,11,15H,7-10H2,1-2H3,(H,16,18). The van der Waals surface area contributed by atoms with Crippen molar-refractivity contribution in [1.82, 2.24) is 9.62 Å². The van der Waals surface area contributed by atoms with Gasteiger partial charge in [-0.2, -0.15) is 0 Å². The molecule has 7 heteroatoms. The maximum absolute atomic E-state index is 11.9. The van der Waals surface area contributed by atoms with Gasteiger partial charge in [0.1, 0.15) is 0 Å². The van der Waals surface area contributed by atoms with Gasteiger partial charge in [-0.3, -0.25) is 4.79 Å². The average molecular weight is 311 g/mol. The summed E-state index contributed by atoms with van der Waals surface area (Å²) >= 11 is 0. The van der Waals surface area contributed by atoms with Crippen LogP contribution in [0.3, 0.4) is 0 Å². The highest BCUT2D eigenvalue weighted by Crippen LogP contribution is 2.18. The number of nitrogens with zero attached hydrogens (tertiary/aromatic N) is 1. The lowest BCUT2D eigenvalue weighted by atomic mass is 10.0. The lowest BCUT2D eigenvalue weighted by Gasteiger charge is -2.12. The summed E-state index contributed by atoms with van der Waals surface area (Å²) in [4.78, 5) is 12.1. The highest BCUT2D eigenvalue weighted by molar-refractivity contribution is 7.89. The first-order chi connectivity index (χ1) is 9.89. The molecule has 0 bridgehead atoms. The van der Waals surface area contributed by atoms with E-state index in [0.717, 1.165) is 23.8 Å². The molecule has 116 valence electrons. The molecule has 0 spiro atoms. The highest BCUT2D eigenvalue weighted by atomic mass is 32.2. The van der Waals surface area contributed by atoms with Gasteiger partial charge in [-0.25, -0.2) is 12.7 Å². The van der Waals surface area contributed by atoms with Gasteiger partial charge in [0.15, 0.2) is 0 Å². The van der Waals surface area contributed by atoms with Crippen molar-refractivity contribution < 1.29 is 13.2 Å². The summed E-state index contributed by atoms with van der Waals surface area (Å²) in [6.07, 6.45) is 1.51. The van der Waals surface area contributed by atoms with Crippen molar-refractivity contribution in [2.24, 2.45) is 5.92 Å². The Morgan fingerprint density at radius 1 is 1.33 bits per heavy atom.